The van der Waals surface area contributed by atoms with Crippen LogP contribution in [0.4, 0.5) is 0 Å². The summed E-state index contributed by atoms with van der Waals surface area (Å²) in [5.74, 6) is 0.946. The van der Waals surface area contributed by atoms with Crippen LogP contribution in [0.25, 0.3) is 11.3 Å². The molecule has 1 aromatic heterocycles. The molecule has 0 aliphatic rings. The van der Waals surface area contributed by atoms with E-state index in [2.05, 4.69) is 5.16 Å². The molecule has 0 fully saturated rings. The first-order chi connectivity index (χ1) is 7.33. The fourth-order valence-electron chi connectivity index (χ4n) is 1.25. The molecule has 15 heavy (non-hydrogen) atoms. The molecule has 1 heterocycles. The first-order valence-corrected chi connectivity index (χ1v) is 4.35. The summed E-state index contributed by atoms with van der Waals surface area (Å²) in [6.45, 7) is 0. The molecule has 0 radical (unpaired) electrons. The quantitative estimate of drug-likeness (QED) is 0.745. The Hall–Kier alpha value is -2.28. The first-order valence-electron chi connectivity index (χ1n) is 4.35. The summed E-state index contributed by atoms with van der Waals surface area (Å²) in [5.41, 5.74) is 1.49. The van der Waals surface area contributed by atoms with E-state index in [4.69, 9.17) is 14.5 Å². The van der Waals surface area contributed by atoms with Gasteiger partial charge in [-0.15, -0.1) is 0 Å². The Morgan fingerprint density at radius 3 is 2.93 bits per heavy atom. The van der Waals surface area contributed by atoms with Crippen molar-refractivity contribution < 1.29 is 9.26 Å². The van der Waals surface area contributed by atoms with Crippen molar-refractivity contribution in [2.75, 3.05) is 7.11 Å². The topological polar surface area (TPSA) is 59.0 Å². The van der Waals surface area contributed by atoms with Gasteiger partial charge in [0.05, 0.1) is 7.11 Å². The summed E-state index contributed by atoms with van der Waals surface area (Å²) >= 11 is 0. The maximum Gasteiger partial charge on any atom is 0.236 e. The van der Waals surface area contributed by atoms with Crippen molar-refractivity contribution in [3.05, 3.63) is 36.1 Å². The predicted octanol–water partition coefficient (Wildman–Crippen LogP) is 2.22. The number of aromatic nitrogens is 1. The van der Waals surface area contributed by atoms with Crippen molar-refractivity contribution in [2.45, 2.75) is 0 Å². The Kier molecular flexibility index (Phi) is 2.38. The Bertz CT molecular complexity index is 511. The van der Waals surface area contributed by atoms with Gasteiger partial charge < -0.3 is 9.26 Å². The number of hydrogen-bond acceptors (Lipinski definition) is 4. The summed E-state index contributed by atoms with van der Waals surface area (Å²) in [5, 5.41) is 12.4. The van der Waals surface area contributed by atoms with Gasteiger partial charge >= 0.3 is 0 Å². The Morgan fingerprint density at radius 1 is 1.40 bits per heavy atom. The Labute approximate surface area is 86.7 Å². The van der Waals surface area contributed by atoms with Crippen LogP contribution in [0.5, 0.6) is 5.75 Å². The van der Waals surface area contributed by atoms with Crippen molar-refractivity contribution >= 4 is 0 Å². The van der Waals surface area contributed by atoms with Gasteiger partial charge in [0.15, 0.2) is 0 Å². The van der Waals surface area contributed by atoms with Gasteiger partial charge in [-0.2, -0.15) is 5.26 Å². The van der Waals surface area contributed by atoms with Crippen LogP contribution in [0.2, 0.25) is 0 Å². The number of nitriles is 1. The number of hydrogen-bond donors (Lipinski definition) is 0. The summed E-state index contributed by atoms with van der Waals surface area (Å²) in [6.07, 6.45) is 0. The number of methoxy groups -OCH3 is 1. The van der Waals surface area contributed by atoms with Crippen LogP contribution in [0, 0.1) is 11.3 Å². The molecule has 2 aromatic rings. The fourth-order valence-corrected chi connectivity index (χ4v) is 1.25. The van der Waals surface area contributed by atoms with E-state index in [1.54, 1.807) is 13.2 Å². The zero-order valence-corrected chi connectivity index (χ0v) is 8.10. The molecule has 0 unspecified atom stereocenters. The minimum absolute atomic E-state index is 0.202. The SMILES string of the molecule is COc1cccc(-c2cc(C#N)on2)c1. The average molecular weight is 200 g/mol. The van der Waals surface area contributed by atoms with Crippen LogP contribution >= 0.6 is 0 Å². The minimum Gasteiger partial charge on any atom is -0.497 e. The number of nitrogens with zero attached hydrogens (tertiary/aromatic N) is 2. The third kappa shape index (κ3) is 1.81. The van der Waals surface area contributed by atoms with Crippen LogP contribution in [-0.2, 0) is 0 Å². The molecule has 2 rings (SSSR count). The molecule has 4 nitrogen and oxygen atoms in total. The number of rotatable bonds is 2. The molecule has 0 N–H and O–H groups in total. The Morgan fingerprint density at radius 2 is 2.27 bits per heavy atom. The van der Waals surface area contributed by atoms with Gasteiger partial charge in [-0.25, -0.2) is 0 Å². The summed E-state index contributed by atoms with van der Waals surface area (Å²) in [4.78, 5) is 0. The highest BCUT2D eigenvalue weighted by Crippen LogP contribution is 2.22. The fraction of sp³-hybridized carbons (Fsp3) is 0.0909. The normalized spacial score (nSPS) is 9.60. The molecular formula is C11H8N2O2. The van der Waals surface area contributed by atoms with E-state index >= 15 is 0 Å². The lowest BCUT2D eigenvalue weighted by atomic mass is 10.1. The van der Waals surface area contributed by atoms with Crippen LogP contribution in [-0.4, -0.2) is 12.3 Å². The van der Waals surface area contributed by atoms with Crippen LogP contribution in [0.3, 0.4) is 0 Å². The van der Waals surface area contributed by atoms with Gasteiger partial charge in [0.2, 0.25) is 5.76 Å². The van der Waals surface area contributed by atoms with Crippen LogP contribution in [0.15, 0.2) is 34.9 Å². The summed E-state index contributed by atoms with van der Waals surface area (Å²) < 4.78 is 9.88. The highest BCUT2D eigenvalue weighted by molar-refractivity contribution is 5.61. The lowest BCUT2D eigenvalue weighted by Gasteiger charge is -2.00. The van der Waals surface area contributed by atoms with Crippen LogP contribution in [0.1, 0.15) is 5.76 Å². The van der Waals surface area contributed by atoms with Crippen molar-refractivity contribution in [3.63, 3.8) is 0 Å². The molecule has 4 heteroatoms. The lowest BCUT2D eigenvalue weighted by molar-refractivity contribution is 0.411. The van der Waals surface area contributed by atoms with Gasteiger partial charge in [0.25, 0.3) is 0 Å². The maximum atomic E-state index is 8.59. The second kappa shape index (κ2) is 3.84. The van der Waals surface area contributed by atoms with Crippen molar-refractivity contribution in [3.8, 4) is 23.1 Å². The molecule has 74 valence electrons. The van der Waals surface area contributed by atoms with Gasteiger partial charge in [0, 0.05) is 11.6 Å². The molecule has 0 aliphatic heterocycles. The predicted molar refractivity (Wildman–Crippen MR) is 53.2 cm³/mol. The van der Waals surface area contributed by atoms with Gasteiger partial charge in [-0.1, -0.05) is 17.3 Å². The van der Waals surface area contributed by atoms with Crippen molar-refractivity contribution in [2.24, 2.45) is 0 Å². The average Bonchev–Trinajstić information content (AvgIpc) is 2.78. The van der Waals surface area contributed by atoms with Crippen molar-refractivity contribution in [1.82, 2.24) is 5.16 Å². The minimum atomic E-state index is 0.202. The van der Waals surface area contributed by atoms with E-state index in [1.165, 1.54) is 0 Å². The summed E-state index contributed by atoms with van der Waals surface area (Å²) in [6, 6.07) is 10.9. The van der Waals surface area contributed by atoms with Gasteiger partial charge in [-0.3, -0.25) is 0 Å². The van der Waals surface area contributed by atoms with E-state index in [1.807, 2.05) is 30.3 Å². The molecule has 0 bridgehead atoms. The van der Waals surface area contributed by atoms with Crippen LogP contribution < -0.4 is 4.74 Å². The largest absolute Gasteiger partial charge is 0.497 e. The zero-order chi connectivity index (χ0) is 10.7. The third-order valence-corrected chi connectivity index (χ3v) is 1.99. The van der Waals surface area contributed by atoms with Crippen molar-refractivity contribution in [1.29, 1.82) is 5.26 Å². The highest BCUT2D eigenvalue weighted by Gasteiger charge is 2.06. The molecule has 0 atom stereocenters. The van der Waals surface area contributed by atoms with Gasteiger partial charge in [-0.05, 0) is 12.1 Å². The monoisotopic (exact) mass is 200 g/mol. The van der Waals surface area contributed by atoms with Gasteiger partial charge in [0.1, 0.15) is 17.5 Å². The van der Waals surface area contributed by atoms with E-state index in [-0.39, 0.29) is 5.76 Å². The molecule has 0 saturated heterocycles. The zero-order valence-electron chi connectivity index (χ0n) is 8.10. The van der Waals surface area contributed by atoms with E-state index in [0.29, 0.717) is 5.69 Å². The second-order valence-corrected chi connectivity index (χ2v) is 2.92. The molecular weight excluding hydrogens is 192 g/mol. The first kappa shape index (κ1) is 9.28. The molecule has 0 amide bonds. The molecule has 0 saturated carbocycles. The van der Waals surface area contributed by atoms with E-state index < -0.39 is 0 Å². The number of ether oxygens (including phenoxy) is 1. The summed E-state index contributed by atoms with van der Waals surface area (Å²) in [7, 11) is 1.60. The lowest BCUT2D eigenvalue weighted by Crippen LogP contribution is -1.83. The molecule has 0 aliphatic carbocycles. The molecule has 0 spiro atoms. The highest BCUT2D eigenvalue weighted by atomic mass is 16.5. The smallest absolute Gasteiger partial charge is 0.236 e. The van der Waals surface area contributed by atoms with E-state index in [0.717, 1.165) is 11.3 Å². The molecule has 1 aromatic carbocycles. The van der Waals surface area contributed by atoms with E-state index in [9.17, 15) is 0 Å². The maximum absolute atomic E-state index is 8.59. The number of benzene rings is 1. The second-order valence-electron chi connectivity index (χ2n) is 2.92. The third-order valence-electron chi connectivity index (χ3n) is 1.99. The standard InChI is InChI=1S/C11H8N2O2/c1-14-9-4-2-3-8(5-9)11-6-10(7-12)15-13-11/h2-6H,1H3. The Balaban J connectivity index is 2.41.